The first-order valence-electron chi connectivity index (χ1n) is 5.96. The predicted octanol–water partition coefficient (Wildman–Crippen LogP) is 0.221. The van der Waals surface area contributed by atoms with Gasteiger partial charge in [-0.3, -0.25) is 5.41 Å². The van der Waals surface area contributed by atoms with Crippen molar-refractivity contribution in [3.8, 4) is 0 Å². The molecule has 0 aromatic carbocycles. The van der Waals surface area contributed by atoms with Crippen LogP contribution in [-0.4, -0.2) is 49.0 Å². The lowest BCUT2D eigenvalue weighted by Gasteiger charge is -2.33. The Bertz CT molecular complexity index is 361. The fraction of sp³-hybridized carbons (Fsp3) is 0.900. The van der Waals surface area contributed by atoms with Gasteiger partial charge in [0.15, 0.2) is 0 Å². The third-order valence-corrected chi connectivity index (χ3v) is 5.15. The Morgan fingerprint density at radius 3 is 2.41 bits per heavy atom. The smallest absolute Gasteiger partial charge is 0.282 e. The van der Waals surface area contributed by atoms with Crippen LogP contribution in [0.1, 0.15) is 26.7 Å². The van der Waals surface area contributed by atoms with E-state index in [1.54, 1.807) is 6.92 Å². The second-order valence-electron chi connectivity index (χ2n) is 4.54. The zero-order valence-electron chi connectivity index (χ0n) is 10.5. The maximum absolute atomic E-state index is 12.3. The summed E-state index contributed by atoms with van der Waals surface area (Å²) in [5, 5.41) is 7.21. The maximum Gasteiger partial charge on any atom is 0.282 e. The molecule has 0 radical (unpaired) electrons. The highest BCUT2D eigenvalue weighted by molar-refractivity contribution is 7.86. The largest absolute Gasteiger partial charge is 0.387 e. The Morgan fingerprint density at radius 2 is 2.00 bits per heavy atom. The molecule has 3 N–H and O–H groups in total. The molecular weight excluding hydrogens is 240 g/mol. The monoisotopic (exact) mass is 262 g/mol. The van der Waals surface area contributed by atoms with E-state index in [0.29, 0.717) is 25.6 Å². The van der Waals surface area contributed by atoms with E-state index in [1.165, 1.54) is 8.61 Å². The third kappa shape index (κ3) is 3.65. The molecule has 0 unspecified atom stereocenters. The van der Waals surface area contributed by atoms with Crippen molar-refractivity contribution >= 4 is 16.0 Å². The minimum atomic E-state index is -3.45. The van der Waals surface area contributed by atoms with Gasteiger partial charge >= 0.3 is 0 Å². The first kappa shape index (κ1) is 14.4. The molecule has 0 aromatic rings. The van der Waals surface area contributed by atoms with Crippen molar-refractivity contribution in [2.45, 2.75) is 26.7 Å². The average Bonchev–Trinajstić information content (AvgIpc) is 2.26. The van der Waals surface area contributed by atoms with E-state index < -0.39 is 10.2 Å². The number of hydrogen-bond donors (Lipinski definition) is 2. The standard InChI is InChI=1S/C10H22N4O2S/c1-3-13(8-10(11)12)17(15,16)14-6-4-9(2)5-7-14/h9H,3-8H2,1-2H3,(H3,11,12). The van der Waals surface area contributed by atoms with Crippen molar-refractivity contribution in [1.82, 2.24) is 8.61 Å². The second kappa shape index (κ2) is 5.79. The highest BCUT2D eigenvalue weighted by Crippen LogP contribution is 2.20. The summed E-state index contributed by atoms with van der Waals surface area (Å²) in [4.78, 5) is 0. The van der Waals surface area contributed by atoms with Crippen LogP contribution >= 0.6 is 0 Å². The number of piperidine rings is 1. The number of hydrogen-bond acceptors (Lipinski definition) is 3. The second-order valence-corrected chi connectivity index (χ2v) is 6.47. The van der Waals surface area contributed by atoms with Gasteiger partial charge < -0.3 is 5.73 Å². The van der Waals surface area contributed by atoms with Gasteiger partial charge in [-0.15, -0.1) is 0 Å². The van der Waals surface area contributed by atoms with Crippen LogP contribution in [0.4, 0.5) is 0 Å². The molecule has 7 heteroatoms. The number of nitrogens with two attached hydrogens (primary N) is 1. The summed E-state index contributed by atoms with van der Waals surface area (Å²) >= 11 is 0. The Morgan fingerprint density at radius 1 is 1.47 bits per heavy atom. The number of nitrogens with zero attached hydrogens (tertiary/aromatic N) is 2. The molecular formula is C10H22N4O2S. The Kier molecular flexibility index (Phi) is 4.91. The molecule has 1 heterocycles. The first-order chi connectivity index (χ1) is 7.87. The summed E-state index contributed by atoms with van der Waals surface area (Å²) in [6.07, 6.45) is 1.80. The molecule has 1 aliphatic rings. The Hall–Kier alpha value is -0.660. The topological polar surface area (TPSA) is 90.5 Å². The summed E-state index contributed by atoms with van der Waals surface area (Å²) in [6, 6.07) is 0. The molecule has 0 atom stereocenters. The van der Waals surface area contributed by atoms with E-state index in [4.69, 9.17) is 11.1 Å². The number of likely N-dealkylation sites (N-methyl/N-ethyl adjacent to an activating group) is 1. The highest BCUT2D eigenvalue weighted by atomic mass is 32.2. The lowest BCUT2D eigenvalue weighted by Crippen LogP contribution is -2.49. The maximum atomic E-state index is 12.3. The Labute approximate surface area is 103 Å². The van der Waals surface area contributed by atoms with Gasteiger partial charge in [-0.2, -0.15) is 17.0 Å². The van der Waals surface area contributed by atoms with Crippen molar-refractivity contribution in [1.29, 1.82) is 5.41 Å². The molecule has 1 saturated heterocycles. The summed E-state index contributed by atoms with van der Waals surface area (Å²) in [6.45, 7) is 5.35. The molecule has 1 fully saturated rings. The molecule has 0 bridgehead atoms. The van der Waals surface area contributed by atoms with Gasteiger partial charge in [0, 0.05) is 19.6 Å². The van der Waals surface area contributed by atoms with Crippen LogP contribution in [0.5, 0.6) is 0 Å². The molecule has 0 aliphatic carbocycles. The summed E-state index contributed by atoms with van der Waals surface area (Å²) < 4.78 is 27.3. The van der Waals surface area contributed by atoms with Gasteiger partial charge in [0.25, 0.3) is 10.2 Å². The van der Waals surface area contributed by atoms with E-state index in [1.807, 2.05) is 0 Å². The molecule has 0 aromatic heterocycles. The van der Waals surface area contributed by atoms with Crippen molar-refractivity contribution in [2.24, 2.45) is 11.7 Å². The van der Waals surface area contributed by atoms with Crippen LogP contribution in [0.2, 0.25) is 0 Å². The first-order valence-corrected chi connectivity index (χ1v) is 7.35. The quantitative estimate of drug-likeness (QED) is 0.548. The third-order valence-electron chi connectivity index (χ3n) is 3.09. The van der Waals surface area contributed by atoms with Crippen molar-refractivity contribution in [3.63, 3.8) is 0 Å². The molecule has 0 spiro atoms. The molecule has 1 aliphatic heterocycles. The molecule has 6 nitrogen and oxygen atoms in total. The summed E-state index contributed by atoms with van der Waals surface area (Å²) in [5.74, 6) is 0.463. The SMILES string of the molecule is CCN(CC(=N)N)S(=O)(=O)N1CCC(C)CC1. The van der Waals surface area contributed by atoms with Crippen LogP contribution in [-0.2, 0) is 10.2 Å². The lowest BCUT2D eigenvalue weighted by atomic mass is 10.0. The normalized spacial score (nSPS) is 19.7. The van der Waals surface area contributed by atoms with Gasteiger partial charge in [-0.25, -0.2) is 0 Å². The minimum Gasteiger partial charge on any atom is -0.387 e. The fourth-order valence-corrected chi connectivity index (χ4v) is 3.55. The lowest BCUT2D eigenvalue weighted by molar-refractivity contribution is 0.269. The van der Waals surface area contributed by atoms with Gasteiger partial charge in [-0.1, -0.05) is 13.8 Å². The molecule has 0 amide bonds. The van der Waals surface area contributed by atoms with Crippen LogP contribution in [0.25, 0.3) is 0 Å². The molecule has 1 rings (SSSR count). The van der Waals surface area contributed by atoms with Crippen molar-refractivity contribution in [3.05, 3.63) is 0 Å². The highest BCUT2D eigenvalue weighted by Gasteiger charge is 2.31. The molecule has 0 saturated carbocycles. The van der Waals surface area contributed by atoms with Gasteiger partial charge in [0.05, 0.1) is 6.54 Å². The van der Waals surface area contributed by atoms with E-state index in [9.17, 15) is 8.42 Å². The summed E-state index contributed by atoms with van der Waals surface area (Å²) in [7, 11) is -3.45. The van der Waals surface area contributed by atoms with E-state index in [-0.39, 0.29) is 12.4 Å². The van der Waals surface area contributed by atoms with Gasteiger partial charge in [0.2, 0.25) is 0 Å². The minimum absolute atomic E-state index is 0.0229. The molecule has 100 valence electrons. The van der Waals surface area contributed by atoms with Crippen molar-refractivity contribution in [2.75, 3.05) is 26.2 Å². The van der Waals surface area contributed by atoms with E-state index in [0.717, 1.165) is 12.8 Å². The zero-order chi connectivity index (χ0) is 13.1. The average molecular weight is 262 g/mol. The number of amidine groups is 1. The van der Waals surface area contributed by atoms with E-state index >= 15 is 0 Å². The Balaban J connectivity index is 2.74. The predicted molar refractivity (Wildman–Crippen MR) is 68.1 cm³/mol. The number of nitrogens with one attached hydrogen (secondary N) is 1. The van der Waals surface area contributed by atoms with Crippen LogP contribution in [0, 0.1) is 11.3 Å². The van der Waals surface area contributed by atoms with Crippen molar-refractivity contribution < 1.29 is 8.42 Å². The fourth-order valence-electron chi connectivity index (χ4n) is 1.93. The van der Waals surface area contributed by atoms with Gasteiger partial charge in [-0.05, 0) is 18.8 Å². The summed E-state index contributed by atoms with van der Waals surface area (Å²) in [5.41, 5.74) is 5.28. The number of rotatable bonds is 5. The van der Waals surface area contributed by atoms with Crippen LogP contribution in [0.15, 0.2) is 0 Å². The van der Waals surface area contributed by atoms with E-state index in [2.05, 4.69) is 6.92 Å². The zero-order valence-corrected chi connectivity index (χ0v) is 11.3. The van der Waals surface area contributed by atoms with Crippen LogP contribution in [0.3, 0.4) is 0 Å². The molecule has 17 heavy (non-hydrogen) atoms. The van der Waals surface area contributed by atoms with Crippen LogP contribution < -0.4 is 5.73 Å². The van der Waals surface area contributed by atoms with Gasteiger partial charge in [0.1, 0.15) is 5.84 Å².